The normalized spacial score (nSPS) is 13.8. The minimum Gasteiger partial charge on any atom is -0.386 e. The Kier molecular flexibility index (Phi) is 5.04. The van der Waals surface area contributed by atoms with Crippen molar-refractivity contribution >= 4 is 17.1 Å². The van der Waals surface area contributed by atoms with Crippen molar-refractivity contribution in [1.82, 2.24) is 15.0 Å². The van der Waals surface area contributed by atoms with E-state index in [9.17, 15) is 5.11 Å². The molecule has 4 aromatic rings. The molecule has 0 aliphatic heterocycles. The third-order valence-corrected chi connectivity index (χ3v) is 4.97. The van der Waals surface area contributed by atoms with Gasteiger partial charge in [0.25, 0.3) is 0 Å². The highest BCUT2D eigenvalue weighted by Crippen LogP contribution is 2.30. The first-order chi connectivity index (χ1) is 13.6. The fourth-order valence-electron chi connectivity index (χ4n) is 3.28. The first kappa shape index (κ1) is 18.1. The topological polar surface area (TPSA) is 50.9 Å². The summed E-state index contributed by atoms with van der Waals surface area (Å²) in [5, 5.41) is 19.8. The van der Waals surface area contributed by atoms with Crippen molar-refractivity contribution in [1.29, 1.82) is 0 Å². The van der Waals surface area contributed by atoms with Gasteiger partial charge in [-0.2, -0.15) is 0 Å². The second-order valence-corrected chi connectivity index (χ2v) is 7.14. The minimum absolute atomic E-state index is 0.378. The maximum atomic E-state index is 11.2. The lowest BCUT2D eigenvalue weighted by molar-refractivity contribution is 0.130. The van der Waals surface area contributed by atoms with Crippen molar-refractivity contribution in [3.05, 3.63) is 101 Å². The van der Waals surface area contributed by atoms with Gasteiger partial charge in [0.05, 0.1) is 5.52 Å². The van der Waals surface area contributed by atoms with Crippen LogP contribution >= 0.6 is 0 Å². The standard InChI is InChI=1S/C24H23N3O/c1-17-7-11-19(12-8-17)13-16-23(24(28)20-14-9-18(2)10-15-20)27-22-6-4-3-5-21(22)25-26-27/h3-16,23-24,28H,1-2H3/b16-13+. The number of aromatic nitrogens is 3. The minimum atomic E-state index is -0.743. The summed E-state index contributed by atoms with van der Waals surface area (Å²) in [6, 6.07) is 23.7. The van der Waals surface area contributed by atoms with E-state index < -0.39 is 6.10 Å². The highest BCUT2D eigenvalue weighted by atomic mass is 16.3. The number of benzene rings is 3. The van der Waals surface area contributed by atoms with Crippen molar-refractivity contribution in [3.8, 4) is 0 Å². The van der Waals surface area contributed by atoms with Crippen LogP contribution in [0.25, 0.3) is 17.1 Å². The van der Waals surface area contributed by atoms with Crippen molar-refractivity contribution < 1.29 is 5.11 Å². The van der Waals surface area contributed by atoms with Gasteiger partial charge in [0.1, 0.15) is 17.7 Å². The number of fused-ring (bicyclic) bond motifs is 1. The Morgan fingerprint density at radius 2 is 1.50 bits per heavy atom. The number of hydrogen-bond acceptors (Lipinski definition) is 3. The molecular weight excluding hydrogens is 346 g/mol. The molecule has 4 heteroatoms. The van der Waals surface area contributed by atoms with E-state index in [1.165, 1.54) is 5.56 Å². The molecule has 0 bridgehead atoms. The zero-order valence-corrected chi connectivity index (χ0v) is 16.0. The van der Waals surface area contributed by atoms with Gasteiger partial charge in [0, 0.05) is 0 Å². The third kappa shape index (κ3) is 3.73. The molecule has 0 fully saturated rings. The van der Waals surface area contributed by atoms with Gasteiger partial charge >= 0.3 is 0 Å². The summed E-state index contributed by atoms with van der Waals surface area (Å²) in [5.74, 6) is 0. The first-order valence-corrected chi connectivity index (χ1v) is 9.41. The fraction of sp³-hybridized carbons (Fsp3) is 0.167. The van der Waals surface area contributed by atoms with Gasteiger partial charge in [-0.25, -0.2) is 4.68 Å². The van der Waals surface area contributed by atoms with E-state index in [-0.39, 0.29) is 6.04 Å². The Morgan fingerprint density at radius 1 is 0.857 bits per heavy atom. The Morgan fingerprint density at radius 3 is 2.21 bits per heavy atom. The molecule has 4 rings (SSSR count). The summed E-state index contributed by atoms with van der Waals surface area (Å²) in [5.41, 5.74) is 6.02. The summed E-state index contributed by atoms with van der Waals surface area (Å²) in [6.07, 6.45) is 3.28. The van der Waals surface area contributed by atoms with Gasteiger partial charge in [-0.1, -0.05) is 89.2 Å². The van der Waals surface area contributed by atoms with Crippen LogP contribution in [-0.2, 0) is 0 Å². The van der Waals surface area contributed by atoms with Crippen LogP contribution in [0.4, 0.5) is 0 Å². The van der Waals surface area contributed by atoms with Crippen LogP contribution in [0, 0.1) is 13.8 Å². The number of nitrogens with zero attached hydrogens (tertiary/aromatic N) is 3. The second-order valence-electron chi connectivity index (χ2n) is 7.14. The third-order valence-electron chi connectivity index (χ3n) is 4.97. The Labute approximate surface area is 164 Å². The van der Waals surface area contributed by atoms with E-state index in [4.69, 9.17) is 0 Å². The van der Waals surface area contributed by atoms with Crippen molar-refractivity contribution in [2.24, 2.45) is 0 Å². The van der Waals surface area contributed by atoms with E-state index in [0.29, 0.717) is 0 Å². The van der Waals surface area contributed by atoms with E-state index in [2.05, 4.69) is 41.5 Å². The molecule has 0 saturated carbocycles. The molecule has 4 nitrogen and oxygen atoms in total. The quantitative estimate of drug-likeness (QED) is 0.536. The van der Waals surface area contributed by atoms with Crippen molar-refractivity contribution in [3.63, 3.8) is 0 Å². The van der Waals surface area contributed by atoms with Gasteiger partial charge in [-0.15, -0.1) is 5.10 Å². The summed E-state index contributed by atoms with van der Waals surface area (Å²) < 4.78 is 1.80. The van der Waals surface area contributed by atoms with Crippen LogP contribution in [0.15, 0.2) is 78.9 Å². The van der Waals surface area contributed by atoms with Crippen LogP contribution in [0.1, 0.15) is 34.4 Å². The predicted octanol–water partition coefficient (Wildman–Crippen LogP) is 5.04. The Bertz CT molecular complexity index is 1090. The van der Waals surface area contributed by atoms with Gasteiger partial charge in [0.2, 0.25) is 0 Å². The molecule has 0 aliphatic carbocycles. The van der Waals surface area contributed by atoms with Crippen LogP contribution in [0.2, 0.25) is 0 Å². The molecule has 0 amide bonds. The SMILES string of the molecule is Cc1ccc(/C=C/C(C(O)c2ccc(C)cc2)n2nnc3ccccc32)cc1. The zero-order chi connectivity index (χ0) is 19.5. The zero-order valence-electron chi connectivity index (χ0n) is 16.0. The molecule has 0 radical (unpaired) electrons. The second kappa shape index (κ2) is 7.79. The first-order valence-electron chi connectivity index (χ1n) is 9.41. The summed E-state index contributed by atoms with van der Waals surface area (Å²) >= 11 is 0. The molecule has 3 aromatic carbocycles. The summed E-state index contributed by atoms with van der Waals surface area (Å²) in [7, 11) is 0. The van der Waals surface area contributed by atoms with E-state index in [1.54, 1.807) is 4.68 Å². The molecule has 1 aromatic heterocycles. The van der Waals surface area contributed by atoms with Crippen LogP contribution < -0.4 is 0 Å². The predicted molar refractivity (Wildman–Crippen MR) is 113 cm³/mol. The summed E-state index contributed by atoms with van der Waals surface area (Å²) in [4.78, 5) is 0. The number of hydrogen-bond donors (Lipinski definition) is 1. The van der Waals surface area contributed by atoms with Crippen LogP contribution in [0.3, 0.4) is 0 Å². The van der Waals surface area contributed by atoms with Gasteiger partial charge in [0.15, 0.2) is 0 Å². The highest BCUT2D eigenvalue weighted by molar-refractivity contribution is 5.74. The molecule has 2 unspecified atom stereocenters. The average molecular weight is 369 g/mol. The lowest BCUT2D eigenvalue weighted by atomic mass is 9.99. The van der Waals surface area contributed by atoms with Crippen LogP contribution in [0.5, 0.6) is 0 Å². The van der Waals surface area contributed by atoms with E-state index in [1.807, 2.05) is 67.6 Å². The molecule has 140 valence electrons. The number of aryl methyl sites for hydroxylation is 2. The molecule has 2 atom stereocenters. The highest BCUT2D eigenvalue weighted by Gasteiger charge is 2.23. The van der Waals surface area contributed by atoms with Crippen LogP contribution in [-0.4, -0.2) is 20.1 Å². The van der Waals surface area contributed by atoms with E-state index in [0.717, 1.165) is 27.7 Å². The molecular formula is C24H23N3O. The summed E-state index contributed by atoms with van der Waals surface area (Å²) in [6.45, 7) is 4.11. The molecule has 0 spiro atoms. The maximum Gasteiger partial charge on any atom is 0.113 e. The molecule has 0 aliphatic rings. The Hall–Kier alpha value is -3.24. The fourth-order valence-corrected chi connectivity index (χ4v) is 3.28. The van der Waals surface area contributed by atoms with Crippen molar-refractivity contribution in [2.75, 3.05) is 0 Å². The number of rotatable bonds is 5. The van der Waals surface area contributed by atoms with Gasteiger partial charge < -0.3 is 5.11 Å². The molecule has 1 N–H and O–H groups in total. The maximum absolute atomic E-state index is 11.2. The smallest absolute Gasteiger partial charge is 0.113 e. The monoisotopic (exact) mass is 369 g/mol. The lowest BCUT2D eigenvalue weighted by Crippen LogP contribution is -2.17. The molecule has 1 heterocycles. The van der Waals surface area contributed by atoms with Gasteiger partial charge in [-0.3, -0.25) is 0 Å². The van der Waals surface area contributed by atoms with Crippen molar-refractivity contribution in [2.45, 2.75) is 26.0 Å². The van der Waals surface area contributed by atoms with Gasteiger partial charge in [-0.05, 0) is 37.1 Å². The Balaban J connectivity index is 1.76. The number of aliphatic hydroxyl groups excluding tert-OH is 1. The lowest BCUT2D eigenvalue weighted by Gasteiger charge is -2.21. The average Bonchev–Trinajstić information content (AvgIpc) is 3.14. The molecule has 0 saturated heterocycles. The molecule has 28 heavy (non-hydrogen) atoms. The largest absolute Gasteiger partial charge is 0.386 e. The number of para-hydroxylation sites is 1. The number of aliphatic hydroxyl groups is 1. The van der Waals surface area contributed by atoms with E-state index >= 15 is 0 Å².